The van der Waals surface area contributed by atoms with Crippen molar-refractivity contribution in [2.45, 2.75) is 56.9 Å². The minimum absolute atomic E-state index is 0.159. The molecule has 3 nitrogen and oxygen atoms in total. The Morgan fingerprint density at radius 1 is 1.35 bits per heavy atom. The Hall–Kier alpha value is -0.390. The summed E-state index contributed by atoms with van der Waals surface area (Å²) in [6.45, 7) is 4.72. The Morgan fingerprint density at radius 2 is 2.10 bits per heavy atom. The van der Waals surface area contributed by atoms with Crippen LogP contribution in [-0.2, 0) is 10.0 Å². The van der Waals surface area contributed by atoms with Gasteiger partial charge in [-0.3, -0.25) is 0 Å². The fourth-order valence-electron chi connectivity index (χ4n) is 2.85. The second-order valence-corrected chi connectivity index (χ2v) is 8.20. The second kappa shape index (κ2) is 6.58. The number of rotatable bonds is 4. The first-order valence-electron chi connectivity index (χ1n) is 7.25. The molecule has 0 amide bonds. The summed E-state index contributed by atoms with van der Waals surface area (Å²) < 4.78 is 28.2. The lowest BCUT2D eigenvalue weighted by Crippen LogP contribution is -2.43. The molecule has 0 N–H and O–H groups in total. The first-order valence-corrected chi connectivity index (χ1v) is 9.48. The summed E-state index contributed by atoms with van der Waals surface area (Å²) in [6.07, 6.45) is 5.04. The molecule has 1 heterocycles. The third kappa shape index (κ3) is 3.26. The van der Waals surface area contributed by atoms with E-state index in [9.17, 15) is 8.42 Å². The van der Waals surface area contributed by atoms with Crippen LogP contribution in [0.25, 0.3) is 0 Å². The standard InChI is InChI=1S/C15H22BrNO2S/c1-3-6-13-7-4-5-10-17(13)20(18,19)15-9-8-12(2)11-14(15)16/h8-9,11,13H,3-7,10H2,1-2H3. The van der Waals surface area contributed by atoms with Gasteiger partial charge in [0.1, 0.15) is 0 Å². The number of piperidine rings is 1. The Bertz CT molecular complexity index is 569. The van der Waals surface area contributed by atoms with E-state index >= 15 is 0 Å². The molecule has 0 radical (unpaired) electrons. The molecular weight excluding hydrogens is 338 g/mol. The molecule has 5 heteroatoms. The molecule has 1 aromatic rings. The van der Waals surface area contributed by atoms with Gasteiger partial charge in [-0.15, -0.1) is 0 Å². The van der Waals surface area contributed by atoms with E-state index in [-0.39, 0.29) is 6.04 Å². The summed E-state index contributed by atoms with van der Waals surface area (Å²) in [7, 11) is -3.39. The summed E-state index contributed by atoms with van der Waals surface area (Å²) in [5.74, 6) is 0. The number of aryl methyl sites for hydroxylation is 1. The van der Waals surface area contributed by atoms with Crippen molar-refractivity contribution in [1.29, 1.82) is 0 Å². The maximum absolute atomic E-state index is 12.9. The molecule has 0 saturated carbocycles. The normalized spacial score (nSPS) is 21.1. The van der Waals surface area contributed by atoms with Gasteiger partial charge in [0.25, 0.3) is 0 Å². The highest BCUT2D eigenvalue weighted by atomic mass is 79.9. The molecule has 112 valence electrons. The van der Waals surface area contributed by atoms with Crippen molar-refractivity contribution in [1.82, 2.24) is 4.31 Å². The van der Waals surface area contributed by atoms with Crippen molar-refractivity contribution in [2.75, 3.05) is 6.54 Å². The average molecular weight is 360 g/mol. The van der Waals surface area contributed by atoms with Gasteiger partial charge in [0.2, 0.25) is 10.0 Å². The van der Waals surface area contributed by atoms with Gasteiger partial charge < -0.3 is 0 Å². The Kier molecular flexibility index (Phi) is 5.26. The highest BCUT2D eigenvalue weighted by Gasteiger charge is 2.33. The smallest absolute Gasteiger partial charge is 0.207 e. The van der Waals surface area contributed by atoms with Crippen LogP contribution >= 0.6 is 15.9 Å². The molecule has 0 bridgehead atoms. The van der Waals surface area contributed by atoms with Crippen LogP contribution in [0.3, 0.4) is 0 Å². The third-order valence-corrected chi connectivity index (χ3v) is 6.80. The third-order valence-electron chi connectivity index (χ3n) is 3.87. The minimum Gasteiger partial charge on any atom is -0.207 e. The molecule has 1 fully saturated rings. The molecule has 1 unspecified atom stereocenters. The van der Waals surface area contributed by atoms with E-state index in [0.717, 1.165) is 37.7 Å². The number of hydrogen-bond acceptors (Lipinski definition) is 2. The Balaban J connectivity index is 2.37. The summed E-state index contributed by atoms with van der Waals surface area (Å²) in [6, 6.07) is 5.60. The summed E-state index contributed by atoms with van der Waals surface area (Å²) in [4.78, 5) is 0.395. The summed E-state index contributed by atoms with van der Waals surface area (Å²) in [5.41, 5.74) is 1.06. The van der Waals surface area contributed by atoms with Crippen LogP contribution in [0.15, 0.2) is 27.6 Å². The topological polar surface area (TPSA) is 37.4 Å². The lowest BCUT2D eigenvalue weighted by Gasteiger charge is -2.34. The van der Waals surface area contributed by atoms with Gasteiger partial charge in [-0.2, -0.15) is 4.31 Å². The molecule has 1 saturated heterocycles. The van der Waals surface area contributed by atoms with Crippen molar-refractivity contribution in [3.05, 3.63) is 28.2 Å². The van der Waals surface area contributed by atoms with Gasteiger partial charge in [-0.05, 0) is 59.8 Å². The van der Waals surface area contributed by atoms with Crippen molar-refractivity contribution in [3.63, 3.8) is 0 Å². The number of hydrogen-bond donors (Lipinski definition) is 0. The van der Waals surface area contributed by atoms with E-state index in [0.29, 0.717) is 15.9 Å². The van der Waals surface area contributed by atoms with Crippen molar-refractivity contribution < 1.29 is 8.42 Å². The lowest BCUT2D eigenvalue weighted by molar-refractivity contribution is 0.239. The van der Waals surface area contributed by atoms with E-state index in [4.69, 9.17) is 0 Å². The van der Waals surface area contributed by atoms with Gasteiger partial charge in [-0.25, -0.2) is 8.42 Å². The van der Waals surface area contributed by atoms with Crippen LogP contribution in [0, 0.1) is 6.92 Å². The number of benzene rings is 1. The summed E-state index contributed by atoms with van der Waals surface area (Å²) >= 11 is 3.40. The predicted molar refractivity (Wildman–Crippen MR) is 85.3 cm³/mol. The lowest BCUT2D eigenvalue weighted by atomic mass is 10.0. The molecular formula is C15H22BrNO2S. The van der Waals surface area contributed by atoms with E-state index in [1.807, 2.05) is 19.1 Å². The van der Waals surface area contributed by atoms with Gasteiger partial charge in [0, 0.05) is 17.1 Å². The Morgan fingerprint density at radius 3 is 2.75 bits per heavy atom. The maximum Gasteiger partial charge on any atom is 0.244 e. The van der Waals surface area contributed by atoms with Gasteiger partial charge in [0.15, 0.2) is 0 Å². The highest BCUT2D eigenvalue weighted by Crippen LogP contribution is 2.31. The largest absolute Gasteiger partial charge is 0.244 e. The monoisotopic (exact) mass is 359 g/mol. The molecule has 1 atom stereocenters. The van der Waals surface area contributed by atoms with Crippen molar-refractivity contribution in [2.24, 2.45) is 0 Å². The van der Waals surface area contributed by atoms with Crippen LogP contribution in [0.5, 0.6) is 0 Å². The van der Waals surface area contributed by atoms with E-state index in [1.54, 1.807) is 10.4 Å². The van der Waals surface area contributed by atoms with E-state index < -0.39 is 10.0 Å². The van der Waals surface area contributed by atoms with E-state index in [2.05, 4.69) is 22.9 Å². The number of sulfonamides is 1. The molecule has 0 aliphatic carbocycles. The van der Waals surface area contributed by atoms with Crippen LogP contribution in [0.4, 0.5) is 0 Å². The van der Waals surface area contributed by atoms with E-state index in [1.165, 1.54) is 0 Å². The quantitative estimate of drug-likeness (QED) is 0.811. The van der Waals surface area contributed by atoms with Gasteiger partial charge >= 0.3 is 0 Å². The fourth-order valence-corrected chi connectivity index (χ4v) is 5.73. The SMILES string of the molecule is CCCC1CCCCN1S(=O)(=O)c1ccc(C)cc1Br. The Labute approximate surface area is 130 Å². The first kappa shape index (κ1) is 16.0. The number of halogens is 1. The molecule has 0 aromatic heterocycles. The molecule has 1 aliphatic rings. The molecule has 1 aromatic carbocycles. The van der Waals surface area contributed by atoms with Crippen molar-refractivity contribution in [3.8, 4) is 0 Å². The zero-order valence-electron chi connectivity index (χ0n) is 12.1. The molecule has 2 rings (SSSR count). The molecule has 20 heavy (non-hydrogen) atoms. The highest BCUT2D eigenvalue weighted by molar-refractivity contribution is 9.10. The van der Waals surface area contributed by atoms with Gasteiger partial charge in [-0.1, -0.05) is 25.8 Å². The predicted octanol–water partition coefficient (Wildman–Crippen LogP) is 4.10. The average Bonchev–Trinajstić information content (AvgIpc) is 2.39. The number of nitrogens with zero attached hydrogens (tertiary/aromatic N) is 1. The zero-order chi connectivity index (χ0) is 14.8. The van der Waals surface area contributed by atoms with Gasteiger partial charge in [0.05, 0.1) is 4.90 Å². The fraction of sp³-hybridized carbons (Fsp3) is 0.600. The second-order valence-electron chi connectivity index (χ2n) is 5.49. The van der Waals surface area contributed by atoms with Crippen molar-refractivity contribution >= 4 is 26.0 Å². The zero-order valence-corrected chi connectivity index (χ0v) is 14.5. The first-order chi connectivity index (χ1) is 9.46. The minimum atomic E-state index is -3.39. The summed E-state index contributed by atoms with van der Waals surface area (Å²) in [5, 5.41) is 0. The molecule has 0 spiro atoms. The molecule has 1 aliphatic heterocycles. The van der Waals surface area contributed by atoms with Crippen LogP contribution in [0.2, 0.25) is 0 Å². The van der Waals surface area contributed by atoms with Crippen LogP contribution < -0.4 is 0 Å². The van der Waals surface area contributed by atoms with Crippen LogP contribution in [-0.4, -0.2) is 25.3 Å². The van der Waals surface area contributed by atoms with Crippen LogP contribution in [0.1, 0.15) is 44.6 Å². The maximum atomic E-state index is 12.9.